The first-order valence-corrected chi connectivity index (χ1v) is 23.1. The van der Waals surface area contributed by atoms with Crippen molar-refractivity contribution in [2.75, 3.05) is 0 Å². The minimum Gasteiger partial charge on any atom is -0.422 e. The van der Waals surface area contributed by atoms with Crippen LogP contribution in [0, 0.1) is 13.8 Å². The normalized spacial score (nSPS) is 13.4. The Morgan fingerprint density at radius 2 is 0.500 bits per heavy atom. The van der Waals surface area contributed by atoms with Crippen molar-refractivity contribution in [1.29, 1.82) is 0 Å². The third-order valence-electron chi connectivity index (χ3n) is 12.8. The molecule has 4 aromatic carbocycles. The van der Waals surface area contributed by atoms with Crippen molar-refractivity contribution in [2.24, 2.45) is 0 Å². The van der Waals surface area contributed by atoms with E-state index < -0.39 is 22.5 Å². The lowest BCUT2D eigenvalue weighted by Crippen LogP contribution is -2.20. The predicted octanol–water partition coefficient (Wildman–Crippen LogP) is 14.5. The summed E-state index contributed by atoms with van der Waals surface area (Å²) in [5.41, 5.74) is 6.18. The van der Waals surface area contributed by atoms with Crippen LogP contribution in [-0.4, -0.2) is 0 Å². The molecule has 0 radical (unpaired) electrons. The minimum absolute atomic E-state index is 0.160. The van der Waals surface area contributed by atoms with Crippen molar-refractivity contribution in [3.05, 3.63) is 135 Å². The largest absolute Gasteiger partial charge is 0.422 e. The van der Waals surface area contributed by atoms with Crippen LogP contribution in [0.3, 0.4) is 0 Å². The Balaban J connectivity index is 0.000000199. The maximum atomic E-state index is 13.7. The SMILES string of the molecule is CC(C)(C)c1cc(C(C)(C)C)c2oc(=O)c3c4cc(C(C)(C)C)cc(C(C)(C)C)c4oc(=O)c3c2c1.Cc1cc(C(C)(C)C)c2oc(=O)c3c4cc(C)cc(C(C)(C)C)c4oc(=O)c3c2c1. The Bertz CT molecular complexity index is 3320. The van der Waals surface area contributed by atoms with E-state index in [9.17, 15) is 19.2 Å². The van der Waals surface area contributed by atoms with Gasteiger partial charge in [-0.3, -0.25) is 0 Å². The van der Waals surface area contributed by atoms with Crippen LogP contribution in [0.4, 0.5) is 0 Å². The highest BCUT2D eigenvalue weighted by Crippen LogP contribution is 2.42. The predicted molar refractivity (Wildman–Crippen MR) is 274 cm³/mol. The number of hydrogen-bond acceptors (Lipinski definition) is 8. The van der Waals surface area contributed by atoms with Gasteiger partial charge in [0.25, 0.3) is 0 Å². The van der Waals surface area contributed by atoms with E-state index in [2.05, 4.69) is 137 Å². The molecule has 0 unspecified atom stereocenters. The summed E-state index contributed by atoms with van der Waals surface area (Å²) in [5.74, 6) is 0. The van der Waals surface area contributed by atoms with Gasteiger partial charge in [0.15, 0.2) is 0 Å². The van der Waals surface area contributed by atoms with E-state index >= 15 is 0 Å². The average Bonchev–Trinajstić information content (AvgIpc) is 3.14. The number of benzene rings is 4. The van der Waals surface area contributed by atoms with Gasteiger partial charge in [0, 0.05) is 43.8 Å². The second-order valence-corrected chi connectivity index (χ2v) is 24.7. The molecule has 4 heterocycles. The van der Waals surface area contributed by atoms with Gasteiger partial charge < -0.3 is 17.7 Å². The maximum absolute atomic E-state index is 13.7. The highest BCUT2D eigenvalue weighted by molar-refractivity contribution is 6.15. The summed E-state index contributed by atoms with van der Waals surface area (Å²) >= 11 is 0. The van der Waals surface area contributed by atoms with Gasteiger partial charge in [-0.15, -0.1) is 0 Å². The number of fused-ring (bicyclic) bond motifs is 10. The quantitative estimate of drug-likeness (QED) is 0.109. The fourth-order valence-electron chi connectivity index (χ4n) is 9.04. The van der Waals surface area contributed by atoms with Gasteiger partial charge in [0.05, 0.1) is 21.5 Å². The maximum Gasteiger partial charge on any atom is 0.345 e. The van der Waals surface area contributed by atoms with Gasteiger partial charge in [-0.25, -0.2) is 19.2 Å². The molecule has 66 heavy (non-hydrogen) atoms. The first kappa shape index (κ1) is 48.2. The smallest absolute Gasteiger partial charge is 0.345 e. The summed E-state index contributed by atoms with van der Waals surface area (Å²) in [5, 5.41) is 3.73. The lowest BCUT2D eigenvalue weighted by molar-refractivity contribution is 0.521. The van der Waals surface area contributed by atoms with Crippen LogP contribution in [0.1, 0.15) is 169 Å². The summed E-state index contributed by atoms with van der Waals surface area (Å²) < 4.78 is 23.9. The molecule has 0 fully saturated rings. The second kappa shape index (κ2) is 15.4. The topological polar surface area (TPSA) is 121 Å². The molecule has 0 aliphatic heterocycles. The highest BCUT2D eigenvalue weighted by atomic mass is 16.4. The zero-order valence-electron chi connectivity index (χ0n) is 42.9. The first-order chi connectivity index (χ1) is 30.0. The molecule has 4 aromatic heterocycles. The van der Waals surface area contributed by atoms with Crippen LogP contribution < -0.4 is 22.5 Å². The zero-order chi connectivity index (χ0) is 49.3. The van der Waals surface area contributed by atoms with Crippen LogP contribution in [-0.2, 0) is 32.5 Å². The Kier molecular flexibility index (Phi) is 11.2. The molecule has 348 valence electrons. The van der Waals surface area contributed by atoms with E-state index in [1.807, 2.05) is 50.2 Å². The van der Waals surface area contributed by atoms with Crippen molar-refractivity contribution in [2.45, 2.75) is 171 Å². The summed E-state index contributed by atoms with van der Waals surface area (Å²) in [7, 11) is 0. The third kappa shape index (κ3) is 8.45. The van der Waals surface area contributed by atoms with Crippen LogP contribution in [0.5, 0.6) is 0 Å². The molecule has 0 bridgehead atoms. The standard InChI is InChI=1S/C32H40O4.C26H28O4/c1-29(2,3)17-13-19-23-24(28(34)35-25(19)21(15-17)31(7,8)9)20-14-18(30(4,5)6)16-22(32(10,11)12)26(20)36-27(23)33;1-13-9-15-19-20(24(28)29-21(15)17(11-13)25(3,4)5)16-10-14(2)12-18(26(6,7)8)22(16)30-23(19)27/h13-16H,1-12H3;9-12H,1-8H3. The fraction of sp³-hybridized carbons (Fsp3) is 0.448. The molecular formula is C58H68O8. The molecule has 0 aliphatic carbocycles. The van der Waals surface area contributed by atoms with Crippen molar-refractivity contribution < 1.29 is 17.7 Å². The summed E-state index contributed by atoms with van der Waals surface area (Å²) in [6, 6.07) is 16.0. The first-order valence-electron chi connectivity index (χ1n) is 23.1. The van der Waals surface area contributed by atoms with Gasteiger partial charge in [-0.2, -0.15) is 0 Å². The second-order valence-electron chi connectivity index (χ2n) is 24.7. The minimum atomic E-state index is -0.504. The van der Waals surface area contributed by atoms with E-state index in [0.717, 1.165) is 44.5 Å². The van der Waals surface area contributed by atoms with Crippen molar-refractivity contribution in [1.82, 2.24) is 0 Å². The third-order valence-corrected chi connectivity index (χ3v) is 12.8. The van der Waals surface area contributed by atoms with E-state index in [0.29, 0.717) is 65.4 Å². The van der Waals surface area contributed by atoms with Gasteiger partial charge in [0.2, 0.25) is 0 Å². The van der Waals surface area contributed by atoms with Gasteiger partial charge in [0.1, 0.15) is 22.3 Å². The van der Waals surface area contributed by atoms with E-state index in [4.69, 9.17) is 17.7 Å². The molecule has 8 heteroatoms. The van der Waals surface area contributed by atoms with Crippen LogP contribution in [0.25, 0.3) is 65.4 Å². The summed E-state index contributed by atoms with van der Waals surface area (Å²) in [6.07, 6.45) is 0. The molecule has 0 N–H and O–H groups in total. The molecule has 8 rings (SSSR count). The number of aryl methyl sites for hydroxylation is 2. The Labute approximate surface area is 387 Å². The van der Waals surface area contributed by atoms with Gasteiger partial charge in [-0.05, 0) is 92.9 Å². The summed E-state index contributed by atoms with van der Waals surface area (Å²) in [6.45, 7) is 41.7. The molecule has 0 saturated heterocycles. The molecule has 0 spiro atoms. The molecule has 0 atom stereocenters. The Hall–Kier alpha value is -5.76. The van der Waals surface area contributed by atoms with Crippen LogP contribution in [0.2, 0.25) is 0 Å². The number of rotatable bonds is 0. The van der Waals surface area contributed by atoms with Crippen LogP contribution in [0.15, 0.2) is 85.4 Å². The lowest BCUT2D eigenvalue weighted by atomic mass is 9.78. The molecule has 8 aromatic rings. The van der Waals surface area contributed by atoms with Crippen molar-refractivity contribution in [3.8, 4) is 0 Å². The van der Waals surface area contributed by atoms with E-state index in [1.165, 1.54) is 0 Å². The molecule has 0 amide bonds. The van der Waals surface area contributed by atoms with E-state index in [-0.39, 0.29) is 32.5 Å². The Morgan fingerprint density at radius 1 is 0.288 bits per heavy atom. The highest BCUT2D eigenvalue weighted by Gasteiger charge is 2.31. The van der Waals surface area contributed by atoms with Crippen LogP contribution >= 0.6 is 0 Å². The fourth-order valence-corrected chi connectivity index (χ4v) is 9.04. The molecule has 0 aliphatic rings. The molecule has 0 saturated carbocycles. The summed E-state index contributed by atoms with van der Waals surface area (Å²) in [4.78, 5) is 53.9. The Morgan fingerprint density at radius 3 is 0.712 bits per heavy atom. The molecular weight excluding hydrogens is 825 g/mol. The molecule has 8 nitrogen and oxygen atoms in total. The monoisotopic (exact) mass is 892 g/mol. The van der Waals surface area contributed by atoms with Crippen molar-refractivity contribution in [3.63, 3.8) is 0 Å². The van der Waals surface area contributed by atoms with E-state index in [1.54, 1.807) is 0 Å². The number of hydrogen-bond donors (Lipinski definition) is 0. The average molecular weight is 893 g/mol. The van der Waals surface area contributed by atoms with Gasteiger partial charge in [-0.1, -0.05) is 149 Å². The van der Waals surface area contributed by atoms with Gasteiger partial charge >= 0.3 is 22.5 Å². The van der Waals surface area contributed by atoms with Crippen molar-refractivity contribution >= 4 is 65.4 Å². The zero-order valence-corrected chi connectivity index (χ0v) is 42.9. The lowest BCUT2D eigenvalue weighted by Gasteiger charge is -2.27.